The summed E-state index contributed by atoms with van der Waals surface area (Å²) in [5, 5.41) is 6.93. The van der Waals surface area contributed by atoms with Gasteiger partial charge in [-0.15, -0.1) is 0 Å². The normalized spacial score (nSPS) is 14.1. The van der Waals surface area contributed by atoms with Crippen molar-refractivity contribution in [2.45, 2.75) is 59.4 Å². The first-order valence-electron chi connectivity index (χ1n) is 13.4. The van der Waals surface area contributed by atoms with Gasteiger partial charge < -0.3 is 25.0 Å². The highest BCUT2D eigenvalue weighted by molar-refractivity contribution is 5.73. The topological polar surface area (TPSA) is 58.1 Å². The number of methoxy groups -OCH3 is 2. The highest BCUT2D eigenvalue weighted by Gasteiger charge is 2.11. The second-order valence-corrected chi connectivity index (χ2v) is 9.84. The SMILES string of the molecule is COc1cccc(CN/C(C)=C/C=NC(Nc2ccc(OC)c(CCCCN3CCCC3)c2)=C(C)C)c1. The van der Waals surface area contributed by atoms with Crippen molar-refractivity contribution in [2.75, 3.05) is 39.2 Å². The molecule has 6 heteroatoms. The van der Waals surface area contributed by atoms with Crippen LogP contribution < -0.4 is 20.1 Å². The molecule has 0 saturated carbocycles. The predicted molar refractivity (Wildman–Crippen MR) is 156 cm³/mol. The van der Waals surface area contributed by atoms with Gasteiger partial charge in [-0.1, -0.05) is 12.1 Å². The summed E-state index contributed by atoms with van der Waals surface area (Å²) in [7, 11) is 3.44. The van der Waals surface area contributed by atoms with Crippen LogP contribution in [0.3, 0.4) is 0 Å². The van der Waals surface area contributed by atoms with Crippen molar-refractivity contribution in [1.29, 1.82) is 0 Å². The summed E-state index contributed by atoms with van der Waals surface area (Å²) < 4.78 is 10.9. The van der Waals surface area contributed by atoms with Crippen molar-refractivity contribution in [1.82, 2.24) is 10.2 Å². The summed E-state index contributed by atoms with van der Waals surface area (Å²) in [4.78, 5) is 7.29. The van der Waals surface area contributed by atoms with Crippen LogP contribution in [0.1, 0.15) is 57.6 Å². The molecule has 0 atom stereocenters. The van der Waals surface area contributed by atoms with Gasteiger partial charge in [0.05, 0.1) is 14.2 Å². The zero-order chi connectivity index (χ0) is 26.5. The maximum Gasteiger partial charge on any atom is 0.128 e. The van der Waals surface area contributed by atoms with Gasteiger partial charge >= 0.3 is 0 Å². The summed E-state index contributed by atoms with van der Waals surface area (Å²) in [5.74, 6) is 2.67. The number of allylic oxidation sites excluding steroid dienone is 3. The lowest BCUT2D eigenvalue weighted by atomic mass is 10.1. The molecular formula is C31H44N4O2. The monoisotopic (exact) mass is 504 g/mol. The first-order valence-corrected chi connectivity index (χ1v) is 13.4. The molecule has 0 bridgehead atoms. The number of benzene rings is 2. The third-order valence-electron chi connectivity index (χ3n) is 6.62. The fraction of sp³-hybridized carbons (Fsp3) is 0.452. The molecule has 3 rings (SSSR count). The number of nitrogens with one attached hydrogen (secondary N) is 2. The van der Waals surface area contributed by atoms with Crippen molar-refractivity contribution in [2.24, 2.45) is 4.99 Å². The highest BCUT2D eigenvalue weighted by atomic mass is 16.5. The van der Waals surface area contributed by atoms with Crippen LogP contribution in [0.15, 0.2) is 70.6 Å². The number of aryl methyl sites for hydroxylation is 1. The molecule has 0 unspecified atom stereocenters. The lowest BCUT2D eigenvalue weighted by molar-refractivity contribution is 0.329. The molecule has 0 aliphatic carbocycles. The molecule has 2 aromatic carbocycles. The Labute approximate surface area is 223 Å². The lowest BCUT2D eigenvalue weighted by Crippen LogP contribution is -2.20. The minimum Gasteiger partial charge on any atom is -0.497 e. The van der Waals surface area contributed by atoms with Crippen molar-refractivity contribution in [3.8, 4) is 11.5 Å². The van der Waals surface area contributed by atoms with E-state index >= 15 is 0 Å². The molecule has 0 radical (unpaired) electrons. The number of rotatable bonds is 14. The van der Waals surface area contributed by atoms with Crippen molar-refractivity contribution in [3.05, 3.63) is 76.8 Å². The predicted octanol–water partition coefficient (Wildman–Crippen LogP) is 6.55. The van der Waals surface area contributed by atoms with E-state index in [1.54, 1.807) is 14.2 Å². The number of likely N-dealkylation sites (tertiary alicyclic amines) is 1. The van der Waals surface area contributed by atoms with Crippen LogP contribution in [0, 0.1) is 0 Å². The Morgan fingerprint density at radius 1 is 1.00 bits per heavy atom. The number of aliphatic imine (C=N–C) groups is 1. The van der Waals surface area contributed by atoms with Crippen molar-refractivity contribution >= 4 is 11.9 Å². The molecule has 0 spiro atoms. The van der Waals surface area contributed by atoms with E-state index in [1.165, 1.54) is 50.0 Å². The largest absolute Gasteiger partial charge is 0.497 e. The van der Waals surface area contributed by atoms with Crippen LogP contribution in [0.5, 0.6) is 11.5 Å². The molecule has 1 heterocycles. The summed E-state index contributed by atoms with van der Waals surface area (Å²) in [6.07, 6.45) is 9.94. The van der Waals surface area contributed by atoms with E-state index in [2.05, 4.69) is 53.6 Å². The Morgan fingerprint density at radius 3 is 2.54 bits per heavy atom. The molecule has 200 valence electrons. The van der Waals surface area contributed by atoms with E-state index in [0.29, 0.717) is 0 Å². The standard InChI is InChI=1S/C31H44N4O2/c1-24(2)31(32-17-16-25(3)33-23-26-11-10-13-29(21-26)36-4)34-28-14-15-30(37-5)27(22-28)12-6-7-18-35-19-8-9-20-35/h10-11,13-17,21-22,33-34H,6-9,12,18-20,23H2,1-5H3/b25-16+,32-17?. The first kappa shape index (κ1) is 28.3. The van der Waals surface area contributed by atoms with E-state index in [1.807, 2.05) is 37.4 Å². The van der Waals surface area contributed by atoms with Crippen LogP contribution in [0.25, 0.3) is 0 Å². The Balaban J connectivity index is 1.56. The summed E-state index contributed by atoms with van der Waals surface area (Å²) in [6.45, 7) is 10.6. The van der Waals surface area contributed by atoms with Gasteiger partial charge in [0.1, 0.15) is 17.3 Å². The maximum atomic E-state index is 5.64. The molecule has 1 aliphatic rings. The molecule has 2 aromatic rings. The molecule has 6 nitrogen and oxygen atoms in total. The average Bonchev–Trinajstić information content (AvgIpc) is 3.43. The minimum absolute atomic E-state index is 0.730. The van der Waals surface area contributed by atoms with Crippen LogP contribution in [0.4, 0.5) is 5.69 Å². The number of hydrogen-bond donors (Lipinski definition) is 2. The number of nitrogens with zero attached hydrogens (tertiary/aromatic N) is 2. The molecule has 1 fully saturated rings. The smallest absolute Gasteiger partial charge is 0.128 e. The van der Waals surface area contributed by atoms with Gasteiger partial charge in [-0.3, -0.25) is 0 Å². The third-order valence-corrected chi connectivity index (χ3v) is 6.62. The van der Waals surface area contributed by atoms with Crippen molar-refractivity contribution in [3.63, 3.8) is 0 Å². The van der Waals surface area contributed by atoms with Gasteiger partial charge in [0.25, 0.3) is 0 Å². The van der Waals surface area contributed by atoms with E-state index in [-0.39, 0.29) is 0 Å². The zero-order valence-electron chi connectivity index (χ0n) is 23.3. The van der Waals surface area contributed by atoms with E-state index < -0.39 is 0 Å². The first-order chi connectivity index (χ1) is 18.0. The van der Waals surface area contributed by atoms with Gasteiger partial charge in [0, 0.05) is 24.1 Å². The number of unbranched alkanes of at least 4 members (excludes halogenated alkanes) is 1. The lowest BCUT2D eigenvalue weighted by Gasteiger charge is -2.15. The average molecular weight is 505 g/mol. The Kier molecular flexibility index (Phi) is 11.6. The molecule has 2 N–H and O–H groups in total. The Bertz CT molecular complexity index is 1080. The molecule has 0 amide bonds. The zero-order valence-corrected chi connectivity index (χ0v) is 23.3. The molecular weight excluding hydrogens is 460 g/mol. The second kappa shape index (κ2) is 15.1. The Hall–Kier alpha value is -3.25. The Morgan fingerprint density at radius 2 is 1.81 bits per heavy atom. The van der Waals surface area contributed by atoms with E-state index in [0.717, 1.165) is 53.7 Å². The van der Waals surface area contributed by atoms with Crippen LogP contribution in [0.2, 0.25) is 0 Å². The van der Waals surface area contributed by atoms with Gasteiger partial charge in [0.15, 0.2) is 0 Å². The van der Waals surface area contributed by atoms with Crippen LogP contribution in [-0.4, -0.2) is 45.0 Å². The van der Waals surface area contributed by atoms with Crippen LogP contribution in [-0.2, 0) is 13.0 Å². The summed E-state index contributed by atoms with van der Waals surface area (Å²) >= 11 is 0. The van der Waals surface area contributed by atoms with Gasteiger partial charge in [-0.2, -0.15) is 0 Å². The third kappa shape index (κ3) is 9.62. The molecule has 37 heavy (non-hydrogen) atoms. The quantitative estimate of drug-likeness (QED) is 0.226. The highest BCUT2D eigenvalue weighted by Crippen LogP contribution is 2.26. The maximum absolute atomic E-state index is 5.64. The fourth-order valence-corrected chi connectivity index (χ4v) is 4.44. The molecule has 0 aromatic heterocycles. The number of anilines is 1. The van der Waals surface area contributed by atoms with Gasteiger partial charge in [-0.05, 0) is 126 Å². The van der Waals surface area contributed by atoms with Gasteiger partial charge in [0.2, 0.25) is 0 Å². The summed E-state index contributed by atoms with van der Waals surface area (Å²) in [5.41, 5.74) is 5.60. The minimum atomic E-state index is 0.730. The molecule has 1 saturated heterocycles. The number of hydrogen-bond acceptors (Lipinski definition) is 6. The summed E-state index contributed by atoms with van der Waals surface area (Å²) in [6, 6.07) is 14.4. The van der Waals surface area contributed by atoms with Gasteiger partial charge in [-0.25, -0.2) is 4.99 Å². The fourth-order valence-electron chi connectivity index (χ4n) is 4.44. The molecule has 1 aliphatic heterocycles. The second-order valence-electron chi connectivity index (χ2n) is 9.84. The van der Waals surface area contributed by atoms with Crippen molar-refractivity contribution < 1.29 is 9.47 Å². The number of ether oxygens (including phenoxy) is 2. The van der Waals surface area contributed by atoms with E-state index in [4.69, 9.17) is 14.5 Å². The van der Waals surface area contributed by atoms with Crippen LogP contribution >= 0.6 is 0 Å². The van der Waals surface area contributed by atoms with E-state index in [9.17, 15) is 0 Å².